The summed E-state index contributed by atoms with van der Waals surface area (Å²) in [6.07, 6.45) is 0.652. The summed E-state index contributed by atoms with van der Waals surface area (Å²) in [5, 5.41) is 23.1. The maximum atomic E-state index is 13.5. The van der Waals surface area contributed by atoms with E-state index in [1.807, 2.05) is 37.3 Å². The summed E-state index contributed by atoms with van der Waals surface area (Å²) >= 11 is 1.58. The monoisotopic (exact) mass is 485 g/mol. The van der Waals surface area contributed by atoms with Crippen LogP contribution in [0.4, 0.5) is 5.69 Å². The number of carbonyl (C=O) groups excluding carboxylic acids is 1. The van der Waals surface area contributed by atoms with Gasteiger partial charge < -0.3 is 10.2 Å². The maximum Gasteiger partial charge on any atom is 0.234 e. The number of carbonyl (C=O) groups is 1. The molecule has 1 aliphatic heterocycles. The fourth-order valence-corrected chi connectivity index (χ4v) is 5.92. The standard InChI is InChI=1S/C28H31N5OS/c1-5-33(24-12-7-6-9-19(24)2)14-13-23-26(34)32(4)27(30)31-28(23,3)25-16-22(18-35-25)21-11-8-10-20(15-21)17-29/h6-12,15-16,18,23H,5,13-14H2,1-4H3,(H2,30,31)/t23?,28-/m1/s1. The van der Waals surface area contributed by atoms with Gasteiger partial charge in [0, 0.05) is 30.7 Å². The first-order valence-corrected chi connectivity index (χ1v) is 12.7. The smallest absolute Gasteiger partial charge is 0.234 e. The second kappa shape index (κ2) is 9.93. The number of aryl methyl sites for hydroxylation is 1. The number of hydrogen-bond acceptors (Lipinski definition) is 5. The third-order valence-corrected chi connectivity index (χ3v) is 8.17. The quantitative estimate of drug-likeness (QED) is 0.473. The molecule has 0 saturated carbocycles. The molecule has 0 aliphatic carbocycles. The number of thiophene rings is 1. The third-order valence-electron chi connectivity index (χ3n) is 7.00. The van der Waals surface area contributed by atoms with Crippen LogP contribution in [0, 0.1) is 29.6 Å². The number of guanidine groups is 1. The van der Waals surface area contributed by atoms with E-state index in [1.165, 1.54) is 16.2 Å². The first-order chi connectivity index (χ1) is 16.8. The Balaban J connectivity index is 1.65. The molecule has 1 aliphatic rings. The summed E-state index contributed by atoms with van der Waals surface area (Å²) in [6, 6.07) is 20.2. The Morgan fingerprint density at radius 2 is 1.97 bits per heavy atom. The van der Waals surface area contributed by atoms with Gasteiger partial charge in [-0.1, -0.05) is 30.3 Å². The number of anilines is 1. The van der Waals surface area contributed by atoms with E-state index in [9.17, 15) is 10.1 Å². The highest BCUT2D eigenvalue weighted by Crippen LogP contribution is 2.41. The van der Waals surface area contributed by atoms with Gasteiger partial charge >= 0.3 is 0 Å². The minimum absolute atomic E-state index is 0.0430. The molecule has 35 heavy (non-hydrogen) atoms. The van der Waals surface area contributed by atoms with E-state index < -0.39 is 5.54 Å². The van der Waals surface area contributed by atoms with Gasteiger partial charge in [0.25, 0.3) is 0 Å². The van der Waals surface area contributed by atoms with Crippen LogP contribution in [0.2, 0.25) is 0 Å². The molecule has 1 fully saturated rings. The minimum Gasteiger partial charge on any atom is -0.372 e. The SMILES string of the molecule is CCN(CCC1C(=O)N(C)C(=N)N[C@@]1(C)c1cc(-c2cccc(C#N)c2)cs1)c1ccccc1C. The Hall–Kier alpha value is -3.63. The van der Waals surface area contributed by atoms with Crippen LogP contribution in [0.5, 0.6) is 0 Å². The molecule has 180 valence electrons. The van der Waals surface area contributed by atoms with Crippen molar-refractivity contribution in [3.05, 3.63) is 76.0 Å². The van der Waals surface area contributed by atoms with Crippen LogP contribution in [0.25, 0.3) is 11.1 Å². The highest BCUT2D eigenvalue weighted by atomic mass is 32.1. The molecule has 2 aromatic carbocycles. The van der Waals surface area contributed by atoms with Gasteiger partial charge in [0.15, 0.2) is 5.96 Å². The van der Waals surface area contributed by atoms with Crippen molar-refractivity contribution >= 4 is 28.9 Å². The molecular weight excluding hydrogens is 454 g/mol. The largest absolute Gasteiger partial charge is 0.372 e. The highest BCUT2D eigenvalue weighted by molar-refractivity contribution is 7.10. The average Bonchev–Trinajstić information content (AvgIpc) is 3.37. The second-order valence-electron chi connectivity index (χ2n) is 9.17. The second-order valence-corrected chi connectivity index (χ2v) is 10.1. The zero-order valence-electron chi connectivity index (χ0n) is 20.6. The molecule has 2 heterocycles. The summed E-state index contributed by atoms with van der Waals surface area (Å²) in [5.74, 6) is -0.267. The number of nitrogens with zero attached hydrogens (tertiary/aromatic N) is 3. The molecule has 2 atom stereocenters. The molecule has 0 spiro atoms. The molecule has 2 N–H and O–H groups in total. The van der Waals surface area contributed by atoms with Crippen LogP contribution < -0.4 is 10.2 Å². The zero-order valence-corrected chi connectivity index (χ0v) is 21.4. The topological polar surface area (TPSA) is 83.2 Å². The van der Waals surface area contributed by atoms with Gasteiger partial charge in [-0.15, -0.1) is 11.3 Å². The summed E-state index contributed by atoms with van der Waals surface area (Å²) in [5.41, 5.74) is 4.29. The molecule has 1 saturated heterocycles. The number of para-hydroxylation sites is 1. The minimum atomic E-state index is -0.707. The number of benzene rings is 2. The first-order valence-electron chi connectivity index (χ1n) is 11.8. The summed E-state index contributed by atoms with van der Waals surface area (Å²) < 4.78 is 0. The third kappa shape index (κ3) is 4.67. The van der Waals surface area contributed by atoms with Gasteiger partial charge in [-0.3, -0.25) is 15.1 Å². The van der Waals surface area contributed by atoms with Gasteiger partial charge in [-0.25, -0.2) is 0 Å². The van der Waals surface area contributed by atoms with Crippen molar-refractivity contribution < 1.29 is 4.79 Å². The molecule has 4 rings (SSSR count). The van der Waals surface area contributed by atoms with Crippen LogP contribution in [0.3, 0.4) is 0 Å². The lowest BCUT2D eigenvalue weighted by atomic mass is 9.79. The molecule has 1 unspecified atom stereocenters. The highest BCUT2D eigenvalue weighted by Gasteiger charge is 2.48. The van der Waals surface area contributed by atoms with E-state index in [-0.39, 0.29) is 17.8 Å². The van der Waals surface area contributed by atoms with Gasteiger partial charge in [0.2, 0.25) is 5.91 Å². The van der Waals surface area contributed by atoms with E-state index in [4.69, 9.17) is 5.41 Å². The Morgan fingerprint density at radius 1 is 1.20 bits per heavy atom. The number of hydrogen-bond donors (Lipinski definition) is 2. The maximum absolute atomic E-state index is 13.5. The number of amides is 1. The predicted octanol–water partition coefficient (Wildman–Crippen LogP) is 5.34. The van der Waals surface area contributed by atoms with Crippen molar-refractivity contribution in [3.63, 3.8) is 0 Å². The lowest BCUT2D eigenvalue weighted by molar-refractivity contribution is -0.135. The normalized spacial score (nSPS) is 19.9. The molecule has 7 heteroatoms. The van der Waals surface area contributed by atoms with E-state index in [2.05, 4.69) is 53.7 Å². The summed E-state index contributed by atoms with van der Waals surface area (Å²) in [7, 11) is 1.66. The summed E-state index contributed by atoms with van der Waals surface area (Å²) in [6.45, 7) is 7.86. The fraction of sp³-hybridized carbons (Fsp3) is 0.321. The van der Waals surface area contributed by atoms with Crippen molar-refractivity contribution in [1.82, 2.24) is 10.2 Å². The van der Waals surface area contributed by atoms with Gasteiger partial charge in [0.1, 0.15) is 0 Å². The molecule has 3 aromatic rings. The molecule has 1 aromatic heterocycles. The van der Waals surface area contributed by atoms with Crippen molar-refractivity contribution in [2.45, 2.75) is 32.7 Å². The Bertz CT molecular complexity index is 1290. The molecule has 0 bridgehead atoms. The zero-order chi connectivity index (χ0) is 25.2. The van der Waals surface area contributed by atoms with Gasteiger partial charge in [-0.05, 0) is 73.5 Å². The van der Waals surface area contributed by atoms with Crippen molar-refractivity contribution in [3.8, 4) is 17.2 Å². The van der Waals surface area contributed by atoms with Crippen LogP contribution in [-0.2, 0) is 10.3 Å². The van der Waals surface area contributed by atoms with E-state index in [1.54, 1.807) is 24.5 Å². The lowest BCUT2D eigenvalue weighted by Crippen LogP contribution is -2.63. The number of rotatable bonds is 7. The van der Waals surface area contributed by atoms with Crippen molar-refractivity contribution in [2.75, 3.05) is 25.0 Å². The Morgan fingerprint density at radius 3 is 2.69 bits per heavy atom. The molecular formula is C28H31N5OS. The van der Waals surface area contributed by atoms with Gasteiger partial charge in [0.05, 0.1) is 23.1 Å². The van der Waals surface area contributed by atoms with Crippen LogP contribution >= 0.6 is 11.3 Å². The van der Waals surface area contributed by atoms with Crippen LogP contribution in [0.1, 0.15) is 36.3 Å². The lowest BCUT2D eigenvalue weighted by Gasteiger charge is -2.45. The average molecular weight is 486 g/mol. The number of nitrogens with one attached hydrogen (secondary N) is 2. The predicted molar refractivity (Wildman–Crippen MR) is 143 cm³/mol. The fourth-order valence-electron chi connectivity index (χ4n) is 4.83. The van der Waals surface area contributed by atoms with E-state index in [0.717, 1.165) is 29.1 Å². The van der Waals surface area contributed by atoms with Gasteiger partial charge in [-0.2, -0.15) is 5.26 Å². The van der Waals surface area contributed by atoms with E-state index >= 15 is 0 Å². The van der Waals surface area contributed by atoms with Crippen molar-refractivity contribution in [1.29, 1.82) is 10.7 Å². The van der Waals surface area contributed by atoms with E-state index in [0.29, 0.717) is 12.0 Å². The molecule has 1 amide bonds. The summed E-state index contributed by atoms with van der Waals surface area (Å²) in [4.78, 5) is 18.2. The molecule has 0 radical (unpaired) electrons. The first kappa shape index (κ1) is 24.5. The number of nitriles is 1. The Kier molecular flexibility index (Phi) is 6.95. The van der Waals surface area contributed by atoms with Crippen molar-refractivity contribution in [2.24, 2.45) is 5.92 Å². The molecule has 6 nitrogen and oxygen atoms in total. The van der Waals surface area contributed by atoms with Crippen LogP contribution in [-0.4, -0.2) is 36.9 Å². The Labute approximate surface area is 211 Å². The van der Waals surface area contributed by atoms with Crippen LogP contribution in [0.15, 0.2) is 60.0 Å².